The van der Waals surface area contributed by atoms with Crippen LogP contribution in [0.1, 0.15) is 24.6 Å². The molecule has 0 radical (unpaired) electrons. The van der Waals surface area contributed by atoms with Crippen LogP contribution in [0.15, 0.2) is 17.6 Å². The lowest BCUT2D eigenvalue weighted by Crippen LogP contribution is -2.10. The van der Waals surface area contributed by atoms with Gasteiger partial charge in [0, 0.05) is 23.6 Å². The lowest BCUT2D eigenvalue weighted by Gasteiger charge is -2.09. The minimum atomic E-state index is -4.47. The first kappa shape index (κ1) is 15.4. The zero-order valence-corrected chi connectivity index (χ0v) is 12.1. The number of carbonyl (C=O) groups is 1. The molecule has 112 valence electrons. The Labute approximate surface area is 123 Å². The van der Waals surface area contributed by atoms with Crippen molar-refractivity contribution in [3.05, 3.63) is 28.9 Å². The summed E-state index contributed by atoms with van der Waals surface area (Å²) in [6.45, 7) is 3.07. The van der Waals surface area contributed by atoms with E-state index in [1.54, 1.807) is 12.3 Å². The SMILES string of the molecule is CCC(=O)Nc1csc(-c2cnc(C(F)(F)F)c(C)c2)n1. The Morgan fingerprint density at radius 2 is 2.14 bits per heavy atom. The third-order valence-corrected chi connectivity index (χ3v) is 3.58. The molecule has 0 unspecified atom stereocenters. The number of pyridine rings is 1. The molecule has 2 aromatic rings. The topological polar surface area (TPSA) is 54.9 Å². The van der Waals surface area contributed by atoms with E-state index in [1.807, 2.05) is 0 Å². The normalized spacial score (nSPS) is 11.5. The third-order valence-electron chi connectivity index (χ3n) is 2.69. The lowest BCUT2D eigenvalue weighted by atomic mass is 10.1. The van der Waals surface area contributed by atoms with Gasteiger partial charge in [-0.15, -0.1) is 11.3 Å². The van der Waals surface area contributed by atoms with Gasteiger partial charge in [-0.05, 0) is 18.6 Å². The van der Waals surface area contributed by atoms with Crippen LogP contribution in [0.25, 0.3) is 10.6 Å². The quantitative estimate of drug-likeness (QED) is 0.935. The number of nitrogens with one attached hydrogen (secondary N) is 1. The highest BCUT2D eigenvalue weighted by Crippen LogP contribution is 2.33. The van der Waals surface area contributed by atoms with Crippen molar-refractivity contribution in [3.8, 4) is 10.6 Å². The summed E-state index contributed by atoms with van der Waals surface area (Å²) in [5.41, 5.74) is -0.376. The molecule has 0 fully saturated rings. The van der Waals surface area contributed by atoms with E-state index >= 15 is 0 Å². The smallest absolute Gasteiger partial charge is 0.310 e. The van der Waals surface area contributed by atoms with Gasteiger partial charge in [0.1, 0.15) is 16.5 Å². The summed E-state index contributed by atoms with van der Waals surface area (Å²) < 4.78 is 37.9. The summed E-state index contributed by atoms with van der Waals surface area (Å²) in [5, 5.41) is 4.73. The average Bonchev–Trinajstić information content (AvgIpc) is 2.85. The highest BCUT2D eigenvalue weighted by molar-refractivity contribution is 7.13. The van der Waals surface area contributed by atoms with E-state index in [0.29, 0.717) is 22.8 Å². The fourth-order valence-corrected chi connectivity index (χ4v) is 2.42. The number of rotatable bonds is 3. The van der Waals surface area contributed by atoms with E-state index in [-0.39, 0.29) is 11.5 Å². The number of aryl methyl sites for hydroxylation is 1. The molecule has 21 heavy (non-hydrogen) atoms. The van der Waals surface area contributed by atoms with Gasteiger partial charge in [-0.1, -0.05) is 6.92 Å². The van der Waals surface area contributed by atoms with E-state index in [2.05, 4.69) is 15.3 Å². The zero-order valence-electron chi connectivity index (χ0n) is 11.3. The molecule has 2 aromatic heterocycles. The van der Waals surface area contributed by atoms with E-state index in [9.17, 15) is 18.0 Å². The second-order valence-electron chi connectivity index (χ2n) is 4.33. The minimum Gasteiger partial charge on any atom is -0.310 e. The fourth-order valence-electron chi connectivity index (χ4n) is 1.68. The Morgan fingerprint density at radius 3 is 2.71 bits per heavy atom. The second-order valence-corrected chi connectivity index (χ2v) is 5.18. The van der Waals surface area contributed by atoms with Crippen LogP contribution in [0.5, 0.6) is 0 Å². The van der Waals surface area contributed by atoms with Crippen LogP contribution in [-0.2, 0) is 11.0 Å². The summed E-state index contributed by atoms with van der Waals surface area (Å²) in [4.78, 5) is 18.9. The van der Waals surface area contributed by atoms with E-state index in [4.69, 9.17) is 0 Å². The van der Waals surface area contributed by atoms with Gasteiger partial charge in [-0.25, -0.2) is 4.98 Å². The standard InChI is InChI=1S/C13H12F3N3OS/c1-3-10(20)18-9-6-21-12(19-9)8-4-7(2)11(17-5-8)13(14,15)16/h4-6H,3H2,1-2H3,(H,18,20). The van der Waals surface area contributed by atoms with Crippen LogP contribution in [0.2, 0.25) is 0 Å². The van der Waals surface area contributed by atoms with Gasteiger partial charge in [0.25, 0.3) is 0 Å². The first-order chi connectivity index (χ1) is 9.81. The van der Waals surface area contributed by atoms with Gasteiger partial charge in [0.15, 0.2) is 0 Å². The highest BCUT2D eigenvalue weighted by Gasteiger charge is 2.34. The molecule has 0 atom stereocenters. The largest absolute Gasteiger partial charge is 0.433 e. The maximum Gasteiger partial charge on any atom is 0.433 e. The van der Waals surface area contributed by atoms with Crippen LogP contribution in [-0.4, -0.2) is 15.9 Å². The van der Waals surface area contributed by atoms with Crippen molar-refractivity contribution >= 4 is 23.1 Å². The molecular weight excluding hydrogens is 303 g/mol. The maximum atomic E-state index is 12.6. The summed E-state index contributed by atoms with van der Waals surface area (Å²) in [7, 11) is 0. The van der Waals surface area contributed by atoms with Crippen LogP contribution in [0, 0.1) is 6.92 Å². The highest BCUT2D eigenvalue weighted by atomic mass is 32.1. The summed E-state index contributed by atoms with van der Waals surface area (Å²) in [5.74, 6) is 0.216. The van der Waals surface area contributed by atoms with Crippen molar-refractivity contribution in [3.63, 3.8) is 0 Å². The van der Waals surface area contributed by atoms with Gasteiger partial charge >= 0.3 is 6.18 Å². The molecule has 0 aliphatic heterocycles. The Kier molecular flexibility index (Phi) is 4.26. The summed E-state index contributed by atoms with van der Waals surface area (Å²) in [6, 6.07) is 1.39. The van der Waals surface area contributed by atoms with Crippen LogP contribution in [0.3, 0.4) is 0 Å². The number of nitrogens with zero attached hydrogens (tertiary/aromatic N) is 2. The van der Waals surface area contributed by atoms with E-state index in [0.717, 1.165) is 6.20 Å². The number of halogens is 3. The molecular formula is C13H12F3N3OS. The number of aromatic nitrogens is 2. The molecule has 2 rings (SSSR count). The maximum absolute atomic E-state index is 12.6. The van der Waals surface area contributed by atoms with Crippen molar-refractivity contribution in [2.45, 2.75) is 26.4 Å². The van der Waals surface area contributed by atoms with Crippen LogP contribution >= 0.6 is 11.3 Å². The predicted molar refractivity (Wildman–Crippen MR) is 74.0 cm³/mol. The molecule has 8 heteroatoms. The number of anilines is 1. The average molecular weight is 315 g/mol. The molecule has 0 saturated carbocycles. The molecule has 0 aromatic carbocycles. The lowest BCUT2D eigenvalue weighted by molar-refractivity contribution is -0.141. The number of carbonyl (C=O) groups excluding carboxylic acids is 1. The van der Waals surface area contributed by atoms with Crippen molar-refractivity contribution in [1.82, 2.24) is 9.97 Å². The van der Waals surface area contributed by atoms with Crippen molar-refractivity contribution < 1.29 is 18.0 Å². The number of thiazole rings is 1. The van der Waals surface area contributed by atoms with Crippen molar-refractivity contribution in [2.75, 3.05) is 5.32 Å². The Bertz CT molecular complexity index is 667. The molecule has 1 N–H and O–H groups in total. The molecule has 1 amide bonds. The molecule has 0 saturated heterocycles. The van der Waals surface area contributed by atoms with Gasteiger partial charge in [-0.2, -0.15) is 13.2 Å². The van der Waals surface area contributed by atoms with E-state index in [1.165, 1.54) is 24.3 Å². The Balaban J connectivity index is 2.27. The van der Waals surface area contributed by atoms with Crippen molar-refractivity contribution in [1.29, 1.82) is 0 Å². The third kappa shape index (κ3) is 3.57. The molecule has 0 aliphatic carbocycles. The van der Waals surface area contributed by atoms with E-state index < -0.39 is 11.9 Å². The van der Waals surface area contributed by atoms with Crippen LogP contribution in [0.4, 0.5) is 19.0 Å². The minimum absolute atomic E-state index is 0.0364. The van der Waals surface area contributed by atoms with Gasteiger partial charge in [0.05, 0.1) is 0 Å². The van der Waals surface area contributed by atoms with Crippen LogP contribution < -0.4 is 5.32 Å². The van der Waals surface area contributed by atoms with Gasteiger partial charge in [0.2, 0.25) is 5.91 Å². The number of alkyl halides is 3. The number of amides is 1. The second kappa shape index (κ2) is 5.80. The molecule has 4 nitrogen and oxygen atoms in total. The van der Waals surface area contributed by atoms with Gasteiger partial charge in [-0.3, -0.25) is 9.78 Å². The molecule has 0 bridgehead atoms. The predicted octanol–water partition coefficient (Wildman–Crippen LogP) is 3.88. The molecule has 0 spiro atoms. The Morgan fingerprint density at radius 1 is 1.43 bits per heavy atom. The summed E-state index contributed by atoms with van der Waals surface area (Å²) >= 11 is 1.23. The zero-order chi connectivity index (χ0) is 15.6. The van der Waals surface area contributed by atoms with Gasteiger partial charge < -0.3 is 5.32 Å². The first-order valence-corrected chi connectivity index (χ1v) is 6.98. The summed E-state index contributed by atoms with van der Waals surface area (Å²) in [6.07, 6.45) is -3.00. The Hall–Kier alpha value is -1.96. The fraction of sp³-hybridized carbons (Fsp3) is 0.308. The van der Waals surface area contributed by atoms with Crippen molar-refractivity contribution in [2.24, 2.45) is 0 Å². The number of hydrogen-bond donors (Lipinski definition) is 1. The first-order valence-electron chi connectivity index (χ1n) is 6.11. The molecule has 0 aliphatic rings. The molecule has 2 heterocycles. The monoisotopic (exact) mass is 315 g/mol. The number of hydrogen-bond acceptors (Lipinski definition) is 4.